The summed E-state index contributed by atoms with van der Waals surface area (Å²) in [4.78, 5) is 0.128. The minimum Gasteiger partial charge on any atom is -0.398 e. The van der Waals surface area contributed by atoms with Crippen LogP contribution >= 0.6 is 31.9 Å². The van der Waals surface area contributed by atoms with Gasteiger partial charge in [0.2, 0.25) is 10.0 Å². The SMILES string of the molecule is COCCN(C1CC1)S(=O)(=O)c1c(N)cc(Br)cc1Br. The standard InChI is InChI=1S/C12H16Br2N2O3S/c1-19-5-4-16(9-2-3-9)20(17,18)12-10(14)6-8(13)7-11(12)15/h6-7,9H,2-5,15H2,1H3. The zero-order chi connectivity index (χ0) is 14.9. The molecule has 0 amide bonds. The van der Waals surface area contributed by atoms with E-state index < -0.39 is 10.0 Å². The second kappa shape index (κ2) is 6.31. The molecule has 0 radical (unpaired) electrons. The van der Waals surface area contributed by atoms with Gasteiger partial charge < -0.3 is 10.5 Å². The first-order chi connectivity index (χ1) is 9.37. The number of nitrogens with two attached hydrogens (primary N) is 1. The first kappa shape index (κ1) is 16.2. The van der Waals surface area contributed by atoms with Gasteiger partial charge in [0.15, 0.2) is 0 Å². The smallest absolute Gasteiger partial charge is 0.246 e. The van der Waals surface area contributed by atoms with E-state index in [2.05, 4.69) is 31.9 Å². The molecule has 0 atom stereocenters. The zero-order valence-electron chi connectivity index (χ0n) is 11.0. The predicted molar refractivity (Wildman–Crippen MR) is 85.0 cm³/mol. The second-order valence-corrected chi connectivity index (χ2v) is 8.24. The number of benzene rings is 1. The summed E-state index contributed by atoms with van der Waals surface area (Å²) in [5.41, 5.74) is 6.13. The molecule has 1 aliphatic carbocycles. The number of methoxy groups -OCH3 is 1. The van der Waals surface area contributed by atoms with Crippen LogP contribution in [0.1, 0.15) is 12.8 Å². The predicted octanol–water partition coefficient (Wildman–Crippen LogP) is 2.59. The number of anilines is 1. The van der Waals surface area contributed by atoms with Gasteiger partial charge in [-0.25, -0.2) is 8.42 Å². The molecule has 20 heavy (non-hydrogen) atoms. The van der Waals surface area contributed by atoms with Crippen LogP contribution in [0.25, 0.3) is 0 Å². The Kier molecular flexibility index (Phi) is 5.12. The summed E-state index contributed by atoms with van der Waals surface area (Å²) in [7, 11) is -2.07. The lowest BCUT2D eigenvalue weighted by Gasteiger charge is -2.23. The lowest BCUT2D eigenvalue weighted by atomic mass is 10.3. The lowest BCUT2D eigenvalue weighted by molar-refractivity contribution is 0.177. The summed E-state index contributed by atoms with van der Waals surface area (Å²) in [6.07, 6.45) is 1.77. The van der Waals surface area contributed by atoms with Crippen molar-refractivity contribution in [1.29, 1.82) is 0 Å². The summed E-state index contributed by atoms with van der Waals surface area (Å²) in [5, 5.41) is 0. The van der Waals surface area contributed by atoms with Crippen LogP contribution in [0.3, 0.4) is 0 Å². The third-order valence-corrected chi connectivity index (χ3v) is 6.49. The topological polar surface area (TPSA) is 72.6 Å². The maximum atomic E-state index is 12.8. The summed E-state index contributed by atoms with van der Waals surface area (Å²) < 4.78 is 33.3. The molecule has 2 N–H and O–H groups in total. The summed E-state index contributed by atoms with van der Waals surface area (Å²) in [6, 6.07) is 3.34. The molecule has 5 nitrogen and oxygen atoms in total. The largest absolute Gasteiger partial charge is 0.398 e. The van der Waals surface area contributed by atoms with Gasteiger partial charge >= 0.3 is 0 Å². The zero-order valence-corrected chi connectivity index (χ0v) is 15.0. The first-order valence-electron chi connectivity index (χ1n) is 6.13. The minimum atomic E-state index is -3.63. The van der Waals surface area contributed by atoms with Crippen LogP contribution < -0.4 is 5.73 Å². The first-order valence-corrected chi connectivity index (χ1v) is 9.16. The molecule has 2 rings (SSSR count). The summed E-state index contributed by atoms with van der Waals surface area (Å²) in [6.45, 7) is 0.704. The highest BCUT2D eigenvalue weighted by atomic mass is 79.9. The molecular weight excluding hydrogens is 412 g/mol. The minimum absolute atomic E-state index is 0.0603. The molecule has 0 aromatic heterocycles. The number of ether oxygens (including phenoxy) is 1. The third-order valence-electron chi connectivity index (χ3n) is 3.07. The number of rotatable bonds is 6. The second-order valence-electron chi connectivity index (χ2n) is 4.65. The van der Waals surface area contributed by atoms with Gasteiger partial charge in [-0.05, 0) is 40.9 Å². The number of hydrogen-bond acceptors (Lipinski definition) is 4. The Bertz CT molecular complexity index is 580. The van der Waals surface area contributed by atoms with E-state index in [-0.39, 0.29) is 16.6 Å². The number of sulfonamides is 1. The molecule has 0 spiro atoms. The van der Waals surface area contributed by atoms with E-state index in [1.165, 1.54) is 4.31 Å². The maximum absolute atomic E-state index is 12.8. The van der Waals surface area contributed by atoms with Crippen LogP contribution in [0.15, 0.2) is 26.0 Å². The molecule has 1 aliphatic rings. The van der Waals surface area contributed by atoms with Gasteiger partial charge in [0, 0.05) is 28.6 Å². The monoisotopic (exact) mass is 426 g/mol. The highest BCUT2D eigenvalue weighted by molar-refractivity contribution is 9.11. The van der Waals surface area contributed by atoms with Crippen molar-refractivity contribution >= 4 is 47.6 Å². The Morgan fingerprint density at radius 3 is 2.55 bits per heavy atom. The van der Waals surface area contributed by atoms with Crippen molar-refractivity contribution in [1.82, 2.24) is 4.31 Å². The molecule has 0 heterocycles. The molecule has 1 aromatic carbocycles. The van der Waals surface area contributed by atoms with Crippen molar-refractivity contribution in [2.24, 2.45) is 0 Å². The average Bonchev–Trinajstić information content (AvgIpc) is 3.11. The molecular formula is C12H16Br2N2O3S. The van der Waals surface area contributed by atoms with Crippen LogP contribution in [-0.4, -0.2) is 39.0 Å². The Labute approximate surface area is 135 Å². The number of nitrogens with zero attached hydrogens (tertiary/aromatic N) is 1. The van der Waals surface area contributed by atoms with Crippen molar-refractivity contribution in [3.05, 3.63) is 21.1 Å². The number of halogens is 2. The van der Waals surface area contributed by atoms with Gasteiger partial charge in [-0.3, -0.25) is 0 Å². The van der Waals surface area contributed by atoms with E-state index in [0.717, 1.165) is 17.3 Å². The fourth-order valence-electron chi connectivity index (χ4n) is 2.01. The molecule has 0 bridgehead atoms. The summed E-state index contributed by atoms with van der Waals surface area (Å²) in [5.74, 6) is 0. The van der Waals surface area contributed by atoms with Crippen molar-refractivity contribution in [3.8, 4) is 0 Å². The van der Waals surface area contributed by atoms with Gasteiger partial charge in [-0.1, -0.05) is 15.9 Å². The molecule has 8 heteroatoms. The van der Waals surface area contributed by atoms with Crippen molar-refractivity contribution in [2.45, 2.75) is 23.8 Å². The molecule has 1 aromatic rings. The van der Waals surface area contributed by atoms with Crippen LogP contribution in [0, 0.1) is 0 Å². The van der Waals surface area contributed by atoms with Gasteiger partial charge in [-0.2, -0.15) is 4.31 Å². The Morgan fingerprint density at radius 2 is 2.05 bits per heavy atom. The van der Waals surface area contributed by atoms with Crippen LogP contribution in [0.2, 0.25) is 0 Å². The number of hydrogen-bond donors (Lipinski definition) is 1. The van der Waals surface area contributed by atoms with E-state index >= 15 is 0 Å². The van der Waals surface area contributed by atoms with E-state index in [1.807, 2.05) is 0 Å². The van der Waals surface area contributed by atoms with Crippen LogP contribution in [0.5, 0.6) is 0 Å². The van der Waals surface area contributed by atoms with Gasteiger partial charge in [-0.15, -0.1) is 0 Å². The van der Waals surface area contributed by atoms with Crippen molar-refractivity contribution in [2.75, 3.05) is 26.0 Å². The summed E-state index contributed by atoms with van der Waals surface area (Å²) >= 11 is 6.59. The lowest BCUT2D eigenvalue weighted by Crippen LogP contribution is -2.36. The fraction of sp³-hybridized carbons (Fsp3) is 0.500. The molecule has 1 saturated carbocycles. The molecule has 0 saturated heterocycles. The molecule has 1 fully saturated rings. The average molecular weight is 428 g/mol. The maximum Gasteiger partial charge on any atom is 0.246 e. The van der Waals surface area contributed by atoms with E-state index in [4.69, 9.17) is 10.5 Å². The molecule has 0 unspecified atom stereocenters. The van der Waals surface area contributed by atoms with E-state index in [1.54, 1.807) is 19.2 Å². The van der Waals surface area contributed by atoms with Gasteiger partial charge in [0.1, 0.15) is 4.90 Å². The van der Waals surface area contributed by atoms with E-state index in [9.17, 15) is 8.42 Å². The van der Waals surface area contributed by atoms with Gasteiger partial charge in [0.05, 0.1) is 12.3 Å². The molecule has 112 valence electrons. The Hall–Kier alpha value is -0.150. The van der Waals surface area contributed by atoms with Gasteiger partial charge in [0.25, 0.3) is 0 Å². The third kappa shape index (κ3) is 3.36. The van der Waals surface area contributed by atoms with Crippen molar-refractivity contribution in [3.63, 3.8) is 0 Å². The van der Waals surface area contributed by atoms with Crippen molar-refractivity contribution < 1.29 is 13.2 Å². The van der Waals surface area contributed by atoms with E-state index in [0.29, 0.717) is 17.6 Å². The van der Waals surface area contributed by atoms with Crippen LogP contribution in [-0.2, 0) is 14.8 Å². The van der Waals surface area contributed by atoms with Crippen LogP contribution in [0.4, 0.5) is 5.69 Å². The Morgan fingerprint density at radius 1 is 1.40 bits per heavy atom. The Balaban J connectivity index is 2.42. The quantitative estimate of drug-likeness (QED) is 0.708. The normalized spacial score (nSPS) is 15.8. The highest BCUT2D eigenvalue weighted by Crippen LogP contribution is 2.38. The fourth-order valence-corrected chi connectivity index (χ4v) is 5.70. The highest BCUT2D eigenvalue weighted by Gasteiger charge is 2.39. The number of nitrogen functional groups attached to an aromatic ring is 1. The molecule has 0 aliphatic heterocycles.